The zero-order valence-corrected chi connectivity index (χ0v) is 16.3. The molecule has 3 rings (SSSR count). The van der Waals surface area contributed by atoms with Gasteiger partial charge >= 0.3 is 0 Å². The summed E-state index contributed by atoms with van der Waals surface area (Å²) >= 11 is 6.11. The Morgan fingerprint density at radius 1 is 1.29 bits per heavy atom. The molecule has 0 saturated heterocycles. The van der Waals surface area contributed by atoms with Crippen molar-refractivity contribution in [2.24, 2.45) is 0 Å². The molecular weight excluding hydrogens is 387 g/mol. The number of hydrogen-bond acceptors (Lipinski definition) is 5. The fourth-order valence-electron chi connectivity index (χ4n) is 2.75. The van der Waals surface area contributed by atoms with E-state index in [1.54, 1.807) is 25.1 Å². The molecule has 0 bridgehead atoms. The number of ether oxygens (including phenoxy) is 2. The molecule has 0 aliphatic carbocycles. The number of amides is 1. The highest BCUT2D eigenvalue weighted by molar-refractivity contribution is 6.33. The molecule has 28 heavy (non-hydrogen) atoms. The maximum atomic E-state index is 14.3. The molecule has 0 aliphatic rings. The first-order valence-electron chi connectivity index (χ1n) is 8.49. The zero-order chi connectivity index (χ0) is 20.3. The minimum atomic E-state index is -0.599. The van der Waals surface area contributed by atoms with Crippen molar-refractivity contribution in [3.05, 3.63) is 58.6 Å². The average molecular weight is 405 g/mol. The lowest BCUT2D eigenvalue weighted by molar-refractivity contribution is 0.102. The van der Waals surface area contributed by atoms with Crippen LogP contribution in [0.5, 0.6) is 11.5 Å². The molecule has 0 atom stereocenters. The quantitative estimate of drug-likeness (QED) is 0.618. The van der Waals surface area contributed by atoms with Crippen LogP contribution >= 0.6 is 11.6 Å². The topological polar surface area (TPSA) is 73.6 Å². The van der Waals surface area contributed by atoms with E-state index in [0.717, 1.165) is 0 Å². The van der Waals surface area contributed by atoms with Crippen LogP contribution in [0.3, 0.4) is 0 Å². The third-order valence-corrected chi connectivity index (χ3v) is 4.33. The molecule has 1 amide bonds. The Labute approximate surface area is 166 Å². The number of hydrogen-bond donors (Lipinski definition) is 1. The van der Waals surface area contributed by atoms with E-state index in [2.05, 4.69) is 10.5 Å². The van der Waals surface area contributed by atoms with Gasteiger partial charge in [0.05, 0.1) is 24.3 Å². The first kappa shape index (κ1) is 19.7. The van der Waals surface area contributed by atoms with Gasteiger partial charge in [-0.15, -0.1) is 0 Å². The van der Waals surface area contributed by atoms with Crippen LogP contribution in [0.25, 0.3) is 11.3 Å². The lowest BCUT2D eigenvalue weighted by atomic mass is 10.0. The number of anilines is 1. The molecule has 3 aromatic rings. The molecule has 0 aliphatic heterocycles. The summed E-state index contributed by atoms with van der Waals surface area (Å²) in [4.78, 5) is 12.9. The van der Waals surface area contributed by atoms with E-state index >= 15 is 0 Å². The number of carbonyl (C=O) groups is 1. The van der Waals surface area contributed by atoms with Gasteiger partial charge in [-0.1, -0.05) is 22.8 Å². The highest BCUT2D eigenvalue weighted by Crippen LogP contribution is 2.34. The summed E-state index contributed by atoms with van der Waals surface area (Å²) in [6.45, 7) is 3.91. The second kappa shape index (κ2) is 8.31. The summed E-state index contributed by atoms with van der Waals surface area (Å²) in [5.74, 6) is 0.156. The molecule has 8 heteroatoms. The van der Waals surface area contributed by atoms with Crippen LogP contribution < -0.4 is 14.8 Å². The molecule has 1 N–H and O–H groups in total. The molecule has 1 aromatic heterocycles. The summed E-state index contributed by atoms with van der Waals surface area (Å²) in [5.41, 5.74) is 0.614. The van der Waals surface area contributed by atoms with E-state index in [4.69, 9.17) is 25.6 Å². The van der Waals surface area contributed by atoms with Crippen LogP contribution in [0, 0.1) is 12.7 Å². The molecule has 6 nitrogen and oxygen atoms in total. The van der Waals surface area contributed by atoms with Gasteiger partial charge in [0.1, 0.15) is 22.8 Å². The predicted molar refractivity (Wildman–Crippen MR) is 104 cm³/mol. The predicted octanol–water partition coefficient (Wildman–Crippen LogP) is 5.10. The Morgan fingerprint density at radius 3 is 2.75 bits per heavy atom. The molecular formula is C20H18ClFN2O4. The van der Waals surface area contributed by atoms with Gasteiger partial charge in [0.2, 0.25) is 0 Å². The standard InChI is InChI=1S/C20H18ClFN2O4/c1-4-27-15-9-8-12(10-16(15)26-3)23-20(25)17-11(2)28-24-19(17)18-13(21)6-5-7-14(18)22/h5-10H,4H2,1-3H3,(H,23,25). The monoisotopic (exact) mass is 404 g/mol. The first-order chi connectivity index (χ1) is 13.5. The fraction of sp³-hybridized carbons (Fsp3) is 0.200. The van der Waals surface area contributed by atoms with Crippen LogP contribution in [-0.2, 0) is 0 Å². The first-order valence-corrected chi connectivity index (χ1v) is 8.86. The van der Waals surface area contributed by atoms with Crippen molar-refractivity contribution in [3.8, 4) is 22.8 Å². The van der Waals surface area contributed by atoms with Gasteiger partial charge < -0.3 is 19.3 Å². The van der Waals surface area contributed by atoms with Crippen molar-refractivity contribution in [3.63, 3.8) is 0 Å². The summed E-state index contributed by atoms with van der Waals surface area (Å²) in [6, 6.07) is 9.21. The van der Waals surface area contributed by atoms with Gasteiger partial charge in [0.15, 0.2) is 11.5 Å². The van der Waals surface area contributed by atoms with Crippen molar-refractivity contribution < 1.29 is 23.2 Å². The largest absolute Gasteiger partial charge is 0.493 e. The molecule has 0 radical (unpaired) electrons. The highest BCUT2D eigenvalue weighted by Gasteiger charge is 2.25. The number of rotatable bonds is 6. The van der Waals surface area contributed by atoms with Gasteiger partial charge in [-0.3, -0.25) is 4.79 Å². The normalized spacial score (nSPS) is 10.6. The van der Waals surface area contributed by atoms with Crippen LogP contribution in [-0.4, -0.2) is 24.8 Å². The minimum Gasteiger partial charge on any atom is -0.493 e. The molecule has 0 saturated carbocycles. The van der Waals surface area contributed by atoms with E-state index in [1.807, 2.05) is 6.92 Å². The fourth-order valence-corrected chi connectivity index (χ4v) is 3.00. The van der Waals surface area contributed by atoms with Crippen LogP contribution in [0.4, 0.5) is 10.1 Å². The molecule has 1 heterocycles. The van der Waals surface area contributed by atoms with E-state index < -0.39 is 11.7 Å². The number of carbonyl (C=O) groups excluding carboxylic acids is 1. The number of methoxy groups -OCH3 is 1. The minimum absolute atomic E-state index is 0.00967. The summed E-state index contributed by atoms with van der Waals surface area (Å²) in [5, 5.41) is 6.71. The Hall–Kier alpha value is -3.06. The number of halogens is 2. The Kier molecular flexibility index (Phi) is 5.84. The lowest BCUT2D eigenvalue weighted by Gasteiger charge is -2.12. The second-order valence-corrected chi connectivity index (χ2v) is 6.22. The maximum absolute atomic E-state index is 14.3. The van der Waals surface area contributed by atoms with Crippen molar-refractivity contribution >= 4 is 23.2 Å². The Balaban J connectivity index is 1.96. The van der Waals surface area contributed by atoms with Crippen LogP contribution in [0.15, 0.2) is 40.9 Å². The summed E-state index contributed by atoms with van der Waals surface area (Å²) in [6.07, 6.45) is 0. The van der Waals surface area contributed by atoms with Gasteiger partial charge in [-0.25, -0.2) is 4.39 Å². The van der Waals surface area contributed by atoms with Crippen molar-refractivity contribution in [1.29, 1.82) is 0 Å². The van der Waals surface area contributed by atoms with Crippen molar-refractivity contribution in [2.75, 3.05) is 19.0 Å². The van der Waals surface area contributed by atoms with Gasteiger partial charge in [0.25, 0.3) is 5.91 Å². The number of aromatic nitrogens is 1. The number of nitrogens with one attached hydrogen (secondary N) is 1. The number of benzene rings is 2. The van der Waals surface area contributed by atoms with Gasteiger partial charge in [-0.05, 0) is 38.1 Å². The number of aryl methyl sites for hydroxylation is 1. The van der Waals surface area contributed by atoms with E-state index in [-0.39, 0.29) is 27.6 Å². The van der Waals surface area contributed by atoms with Crippen molar-refractivity contribution in [1.82, 2.24) is 5.16 Å². The van der Waals surface area contributed by atoms with E-state index in [1.165, 1.54) is 25.3 Å². The van der Waals surface area contributed by atoms with Crippen LogP contribution in [0.1, 0.15) is 23.0 Å². The molecule has 146 valence electrons. The second-order valence-electron chi connectivity index (χ2n) is 5.81. The third-order valence-electron chi connectivity index (χ3n) is 4.01. The number of nitrogens with zero attached hydrogens (tertiary/aromatic N) is 1. The van der Waals surface area contributed by atoms with Gasteiger partial charge in [-0.2, -0.15) is 0 Å². The summed E-state index contributed by atoms with van der Waals surface area (Å²) in [7, 11) is 1.51. The van der Waals surface area contributed by atoms with Crippen molar-refractivity contribution in [2.45, 2.75) is 13.8 Å². The van der Waals surface area contributed by atoms with Gasteiger partial charge in [0, 0.05) is 11.8 Å². The molecule has 0 unspecified atom stereocenters. The van der Waals surface area contributed by atoms with E-state index in [0.29, 0.717) is 23.8 Å². The third kappa shape index (κ3) is 3.80. The smallest absolute Gasteiger partial charge is 0.261 e. The zero-order valence-electron chi connectivity index (χ0n) is 15.5. The molecule has 2 aromatic carbocycles. The van der Waals surface area contributed by atoms with E-state index in [9.17, 15) is 9.18 Å². The molecule has 0 fully saturated rings. The SMILES string of the molecule is CCOc1ccc(NC(=O)c2c(-c3c(F)cccc3Cl)noc2C)cc1OC. The lowest BCUT2D eigenvalue weighted by Crippen LogP contribution is -2.14. The van der Waals surface area contributed by atoms with Crippen LogP contribution in [0.2, 0.25) is 5.02 Å². The highest BCUT2D eigenvalue weighted by atomic mass is 35.5. The summed E-state index contributed by atoms with van der Waals surface area (Å²) < 4.78 is 30.2. The Morgan fingerprint density at radius 2 is 2.07 bits per heavy atom. The maximum Gasteiger partial charge on any atom is 0.261 e. The molecule has 0 spiro atoms. The average Bonchev–Trinajstić information content (AvgIpc) is 3.04. The Bertz CT molecular complexity index is 999.